The number of rotatable bonds is 5. The van der Waals surface area contributed by atoms with Crippen molar-refractivity contribution in [1.82, 2.24) is 5.32 Å². The molecule has 0 atom stereocenters. The molecule has 0 aromatic heterocycles. The smallest absolute Gasteiger partial charge is 0.251 e. The fraction of sp³-hybridized carbons (Fsp3) is 0.417. The highest BCUT2D eigenvalue weighted by Crippen LogP contribution is 2.12. The van der Waals surface area contributed by atoms with Crippen LogP contribution in [0.1, 0.15) is 28.8 Å². The average molecular weight is 222 g/mol. The molecule has 0 spiro atoms. The summed E-state index contributed by atoms with van der Waals surface area (Å²) < 4.78 is 0. The summed E-state index contributed by atoms with van der Waals surface area (Å²) in [6, 6.07) is 5.22. The first kappa shape index (κ1) is 12.5. The van der Waals surface area contributed by atoms with Gasteiger partial charge in [0, 0.05) is 24.4 Å². The van der Waals surface area contributed by atoms with Crippen molar-refractivity contribution in [2.45, 2.75) is 19.8 Å². The molecule has 4 N–H and O–H groups in total. The number of carbonyl (C=O) groups excluding carboxylic acids is 1. The molecule has 0 unspecified atom stereocenters. The van der Waals surface area contributed by atoms with E-state index in [9.17, 15) is 4.79 Å². The van der Waals surface area contributed by atoms with Crippen LogP contribution in [0.15, 0.2) is 18.2 Å². The number of hydrogen-bond acceptors (Lipinski definition) is 3. The van der Waals surface area contributed by atoms with Gasteiger partial charge in [-0.05, 0) is 43.5 Å². The third kappa shape index (κ3) is 3.55. The van der Waals surface area contributed by atoms with Gasteiger partial charge in [-0.1, -0.05) is 0 Å². The van der Waals surface area contributed by atoms with E-state index in [2.05, 4.69) is 5.32 Å². The van der Waals surface area contributed by atoms with Crippen LogP contribution in [0.3, 0.4) is 0 Å². The lowest BCUT2D eigenvalue weighted by Crippen LogP contribution is -2.24. The maximum absolute atomic E-state index is 11.7. The quantitative estimate of drug-likeness (QED) is 0.515. The first-order chi connectivity index (χ1) is 7.65. The van der Waals surface area contributed by atoms with Gasteiger partial charge in [0.1, 0.15) is 0 Å². The van der Waals surface area contributed by atoms with E-state index in [0.29, 0.717) is 24.2 Å². The van der Waals surface area contributed by atoms with Gasteiger partial charge in [0.25, 0.3) is 5.91 Å². The molecule has 0 radical (unpaired) electrons. The van der Waals surface area contributed by atoms with Crippen LogP contribution in [-0.4, -0.2) is 24.2 Å². The van der Waals surface area contributed by atoms with Crippen molar-refractivity contribution in [2.24, 2.45) is 0 Å². The Hall–Kier alpha value is -1.55. The highest BCUT2D eigenvalue weighted by molar-refractivity contribution is 5.94. The maximum Gasteiger partial charge on any atom is 0.251 e. The number of aliphatic hydroxyl groups is 1. The van der Waals surface area contributed by atoms with Gasteiger partial charge in [-0.3, -0.25) is 4.79 Å². The number of aryl methyl sites for hydroxylation is 1. The van der Waals surface area contributed by atoms with Crippen molar-refractivity contribution in [2.75, 3.05) is 18.9 Å². The lowest BCUT2D eigenvalue weighted by atomic mass is 10.1. The molecule has 0 saturated heterocycles. The van der Waals surface area contributed by atoms with Crippen molar-refractivity contribution in [3.8, 4) is 0 Å². The van der Waals surface area contributed by atoms with E-state index < -0.39 is 0 Å². The normalized spacial score (nSPS) is 10.1. The molecular weight excluding hydrogens is 204 g/mol. The fourth-order valence-corrected chi connectivity index (χ4v) is 1.36. The first-order valence-corrected chi connectivity index (χ1v) is 5.40. The largest absolute Gasteiger partial charge is 0.399 e. The van der Waals surface area contributed by atoms with Gasteiger partial charge in [-0.2, -0.15) is 0 Å². The van der Waals surface area contributed by atoms with Crippen LogP contribution < -0.4 is 11.1 Å². The SMILES string of the molecule is Cc1cc(C(=O)NCCCCO)ccc1N. The zero-order chi connectivity index (χ0) is 12.0. The molecule has 1 aromatic carbocycles. The summed E-state index contributed by atoms with van der Waals surface area (Å²) >= 11 is 0. The summed E-state index contributed by atoms with van der Waals surface area (Å²) in [7, 11) is 0. The monoisotopic (exact) mass is 222 g/mol. The molecule has 16 heavy (non-hydrogen) atoms. The van der Waals surface area contributed by atoms with Crippen molar-refractivity contribution in [1.29, 1.82) is 0 Å². The van der Waals surface area contributed by atoms with Crippen molar-refractivity contribution >= 4 is 11.6 Å². The van der Waals surface area contributed by atoms with Crippen molar-refractivity contribution in [3.63, 3.8) is 0 Å². The molecule has 1 aromatic rings. The molecule has 0 bridgehead atoms. The van der Waals surface area contributed by atoms with Crippen LogP contribution in [0.4, 0.5) is 5.69 Å². The number of anilines is 1. The van der Waals surface area contributed by atoms with Crippen LogP contribution in [-0.2, 0) is 0 Å². The number of amides is 1. The first-order valence-electron chi connectivity index (χ1n) is 5.40. The summed E-state index contributed by atoms with van der Waals surface area (Å²) in [4.78, 5) is 11.7. The molecule has 0 fully saturated rings. The summed E-state index contributed by atoms with van der Waals surface area (Å²) in [5, 5.41) is 11.4. The van der Waals surface area contributed by atoms with Gasteiger partial charge < -0.3 is 16.2 Å². The van der Waals surface area contributed by atoms with Crippen molar-refractivity contribution < 1.29 is 9.90 Å². The topological polar surface area (TPSA) is 75.3 Å². The fourth-order valence-electron chi connectivity index (χ4n) is 1.36. The minimum absolute atomic E-state index is 0.0963. The number of unbranched alkanes of at least 4 members (excludes halogenated alkanes) is 1. The number of aliphatic hydroxyl groups excluding tert-OH is 1. The van der Waals surface area contributed by atoms with Gasteiger partial charge in [0.15, 0.2) is 0 Å². The number of nitrogens with one attached hydrogen (secondary N) is 1. The predicted octanol–water partition coefficient (Wildman–Crippen LogP) is 1.08. The van der Waals surface area contributed by atoms with Gasteiger partial charge in [0.05, 0.1) is 0 Å². The molecule has 88 valence electrons. The van der Waals surface area contributed by atoms with E-state index in [1.807, 2.05) is 6.92 Å². The van der Waals surface area contributed by atoms with E-state index in [4.69, 9.17) is 10.8 Å². The predicted molar refractivity (Wildman–Crippen MR) is 64.2 cm³/mol. The third-order valence-electron chi connectivity index (χ3n) is 2.40. The molecule has 0 aliphatic heterocycles. The Bertz CT molecular complexity index is 364. The van der Waals surface area contributed by atoms with Gasteiger partial charge in [-0.15, -0.1) is 0 Å². The molecule has 0 heterocycles. The molecule has 4 heteroatoms. The van der Waals surface area contributed by atoms with Crippen LogP contribution in [0.25, 0.3) is 0 Å². The Labute approximate surface area is 95.5 Å². The zero-order valence-electron chi connectivity index (χ0n) is 9.49. The van der Waals surface area contributed by atoms with Gasteiger partial charge >= 0.3 is 0 Å². The minimum Gasteiger partial charge on any atom is -0.399 e. The number of nitrogens with two attached hydrogens (primary N) is 1. The molecule has 0 aliphatic rings. The molecule has 1 rings (SSSR count). The second-order valence-corrected chi connectivity index (χ2v) is 3.76. The summed E-state index contributed by atoms with van der Waals surface area (Å²) in [6.45, 7) is 2.62. The Balaban J connectivity index is 2.50. The molecule has 0 saturated carbocycles. The van der Waals surface area contributed by atoms with Crippen LogP contribution in [0.5, 0.6) is 0 Å². The molecule has 4 nitrogen and oxygen atoms in total. The Morgan fingerprint density at radius 1 is 1.44 bits per heavy atom. The molecular formula is C12H18N2O2. The van der Waals surface area contributed by atoms with E-state index >= 15 is 0 Å². The van der Waals surface area contributed by atoms with E-state index in [1.54, 1.807) is 18.2 Å². The minimum atomic E-state index is -0.0963. The number of benzene rings is 1. The van der Waals surface area contributed by atoms with Gasteiger partial charge in [-0.25, -0.2) is 0 Å². The number of nitrogen functional groups attached to an aromatic ring is 1. The van der Waals surface area contributed by atoms with E-state index in [-0.39, 0.29) is 12.5 Å². The Kier molecular flexibility index (Phi) is 4.79. The lowest BCUT2D eigenvalue weighted by molar-refractivity contribution is 0.0952. The Morgan fingerprint density at radius 3 is 2.81 bits per heavy atom. The van der Waals surface area contributed by atoms with Crippen LogP contribution >= 0.6 is 0 Å². The third-order valence-corrected chi connectivity index (χ3v) is 2.40. The summed E-state index contributed by atoms with van der Waals surface area (Å²) in [5.41, 5.74) is 7.89. The van der Waals surface area contributed by atoms with Crippen molar-refractivity contribution in [3.05, 3.63) is 29.3 Å². The highest BCUT2D eigenvalue weighted by Gasteiger charge is 2.05. The van der Waals surface area contributed by atoms with Crippen LogP contribution in [0, 0.1) is 6.92 Å². The molecule has 1 amide bonds. The van der Waals surface area contributed by atoms with Gasteiger partial charge in [0.2, 0.25) is 0 Å². The second kappa shape index (κ2) is 6.12. The maximum atomic E-state index is 11.7. The summed E-state index contributed by atoms with van der Waals surface area (Å²) in [6.07, 6.45) is 1.50. The van der Waals surface area contributed by atoms with Crippen LogP contribution in [0.2, 0.25) is 0 Å². The lowest BCUT2D eigenvalue weighted by Gasteiger charge is -2.06. The van der Waals surface area contributed by atoms with E-state index in [0.717, 1.165) is 12.0 Å². The molecule has 0 aliphatic carbocycles. The zero-order valence-corrected chi connectivity index (χ0v) is 9.49. The number of hydrogen-bond donors (Lipinski definition) is 3. The number of carbonyl (C=O) groups is 1. The van der Waals surface area contributed by atoms with E-state index in [1.165, 1.54) is 0 Å². The average Bonchev–Trinajstić information content (AvgIpc) is 2.28. The summed E-state index contributed by atoms with van der Waals surface area (Å²) in [5.74, 6) is -0.0963. The standard InChI is InChI=1S/C12H18N2O2/c1-9-8-10(4-5-11(9)13)12(16)14-6-2-3-7-15/h4-5,8,15H,2-3,6-7,13H2,1H3,(H,14,16). The second-order valence-electron chi connectivity index (χ2n) is 3.76. The highest BCUT2D eigenvalue weighted by atomic mass is 16.2. The Morgan fingerprint density at radius 2 is 2.19 bits per heavy atom.